The zero-order chi connectivity index (χ0) is 29.0. The van der Waals surface area contributed by atoms with E-state index in [1.54, 1.807) is 35.2 Å². The molecule has 0 bridgehead atoms. The topological polar surface area (TPSA) is 128 Å². The molecule has 0 aliphatic carbocycles. The summed E-state index contributed by atoms with van der Waals surface area (Å²) in [6.07, 6.45) is 6.28. The van der Waals surface area contributed by atoms with Crippen LogP contribution in [0, 0.1) is 5.82 Å². The maximum atomic E-state index is 15.5. The van der Waals surface area contributed by atoms with Crippen LogP contribution < -0.4 is 11.3 Å². The van der Waals surface area contributed by atoms with Gasteiger partial charge in [0.15, 0.2) is 0 Å². The molecule has 11 heteroatoms. The number of carbonyl (C=O) groups excluding carboxylic acids is 1. The minimum atomic E-state index is -3.13. The molecule has 3 aromatic rings. The molecule has 0 saturated carbocycles. The lowest BCUT2D eigenvalue weighted by Gasteiger charge is -2.22. The monoisotopic (exact) mass is 567 g/mol. The first-order chi connectivity index (χ1) is 19.0. The molecule has 0 spiro atoms. The number of nitrogens with zero attached hydrogens (tertiary/aromatic N) is 4. The van der Waals surface area contributed by atoms with Crippen molar-refractivity contribution in [1.82, 2.24) is 14.7 Å². The molecule has 0 atom stereocenters. The molecule has 1 aliphatic rings. The average molecular weight is 568 g/mol. The van der Waals surface area contributed by atoms with Gasteiger partial charge in [-0.1, -0.05) is 19.9 Å². The average Bonchev–Trinajstić information content (AvgIpc) is 3.07. The number of sulfone groups is 1. The number of halogens is 1. The van der Waals surface area contributed by atoms with E-state index in [0.717, 1.165) is 19.1 Å². The van der Waals surface area contributed by atoms with E-state index in [0.29, 0.717) is 46.2 Å². The van der Waals surface area contributed by atoms with Crippen LogP contribution in [0.1, 0.15) is 45.1 Å². The van der Waals surface area contributed by atoms with Gasteiger partial charge in [0.05, 0.1) is 23.0 Å². The molecule has 2 N–H and O–H groups in total. The number of fused-ring (bicyclic) bond motifs is 2. The summed E-state index contributed by atoms with van der Waals surface area (Å²) in [5, 5.41) is 5.18. The highest BCUT2D eigenvalue weighted by atomic mass is 32.2. The second-order valence-corrected chi connectivity index (χ2v) is 12.4. The fraction of sp³-hybridized carbons (Fsp3) is 0.379. The quantitative estimate of drug-likeness (QED) is 0.394. The summed E-state index contributed by atoms with van der Waals surface area (Å²) in [7, 11) is -3.13. The number of amides is 1. The van der Waals surface area contributed by atoms with E-state index in [4.69, 9.17) is 5.73 Å². The molecule has 1 amide bonds. The minimum absolute atomic E-state index is 0.0322. The van der Waals surface area contributed by atoms with Gasteiger partial charge in [0, 0.05) is 48.8 Å². The number of carbonyl (C=O) groups is 1. The number of aliphatic imine (C=N–C) groups is 1. The summed E-state index contributed by atoms with van der Waals surface area (Å²) >= 11 is 0. The molecule has 0 radical (unpaired) electrons. The molecular weight excluding hydrogens is 533 g/mol. The van der Waals surface area contributed by atoms with Gasteiger partial charge < -0.3 is 10.6 Å². The smallest absolute Gasteiger partial charge is 0.274 e. The van der Waals surface area contributed by atoms with Gasteiger partial charge in [-0.3, -0.25) is 9.59 Å². The molecule has 1 aromatic heterocycles. The molecule has 0 unspecified atom stereocenters. The molecule has 9 nitrogen and oxygen atoms in total. The highest BCUT2D eigenvalue weighted by Gasteiger charge is 2.23. The molecule has 1 aliphatic heterocycles. The van der Waals surface area contributed by atoms with Crippen LogP contribution in [0.2, 0.25) is 0 Å². The third-order valence-corrected chi connectivity index (χ3v) is 7.71. The first-order valence-corrected chi connectivity index (χ1v) is 15.4. The highest BCUT2D eigenvalue weighted by molar-refractivity contribution is 7.90. The molecule has 0 saturated heterocycles. The number of nitrogens with two attached hydrogens (primary N) is 1. The SMILES string of the molecule is CCCN(CCC)C(=O)C1=Cc2c(F)cc(-c3ccc4c(=O)n(CCCS(C)(=O)=O)ncc4c3)cc2N=C(N)C1. The second kappa shape index (κ2) is 12.1. The Kier molecular flexibility index (Phi) is 8.82. The van der Waals surface area contributed by atoms with Crippen molar-refractivity contribution in [2.75, 3.05) is 25.1 Å². The van der Waals surface area contributed by atoms with E-state index in [-0.39, 0.29) is 48.0 Å². The number of amidine groups is 1. The third kappa shape index (κ3) is 6.64. The van der Waals surface area contributed by atoms with Gasteiger partial charge in [-0.15, -0.1) is 0 Å². The van der Waals surface area contributed by atoms with Crippen molar-refractivity contribution >= 4 is 44.1 Å². The largest absolute Gasteiger partial charge is 0.387 e. The van der Waals surface area contributed by atoms with Crippen molar-refractivity contribution in [3.05, 3.63) is 63.8 Å². The van der Waals surface area contributed by atoms with Crippen LogP contribution in [0.4, 0.5) is 10.1 Å². The van der Waals surface area contributed by atoms with Crippen LogP contribution >= 0.6 is 0 Å². The maximum absolute atomic E-state index is 15.5. The number of hydrogen-bond acceptors (Lipinski definition) is 7. The summed E-state index contributed by atoms with van der Waals surface area (Å²) in [6, 6.07) is 8.20. The Morgan fingerprint density at radius 1 is 1.12 bits per heavy atom. The fourth-order valence-electron chi connectivity index (χ4n) is 4.82. The van der Waals surface area contributed by atoms with Crippen molar-refractivity contribution in [2.24, 2.45) is 10.7 Å². The van der Waals surface area contributed by atoms with Gasteiger partial charge in [0.25, 0.3) is 5.56 Å². The van der Waals surface area contributed by atoms with E-state index in [2.05, 4.69) is 10.1 Å². The molecule has 2 aromatic carbocycles. The Morgan fingerprint density at radius 3 is 2.52 bits per heavy atom. The second-order valence-electron chi connectivity index (χ2n) is 10.1. The number of benzene rings is 2. The lowest BCUT2D eigenvalue weighted by Crippen LogP contribution is -2.34. The maximum Gasteiger partial charge on any atom is 0.274 e. The molecule has 212 valence electrons. The van der Waals surface area contributed by atoms with Crippen molar-refractivity contribution in [1.29, 1.82) is 0 Å². The van der Waals surface area contributed by atoms with Crippen LogP contribution in [-0.2, 0) is 21.2 Å². The molecule has 0 fully saturated rings. The van der Waals surface area contributed by atoms with Gasteiger partial charge >= 0.3 is 0 Å². The van der Waals surface area contributed by atoms with E-state index >= 15 is 4.39 Å². The minimum Gasteiger partial charge on any atom is -0.387 e. The molecule has 4 rings (SSSR count). The van der Waals surface area contributed by atoms with Crippen LogP contribution in [-0.4, -0.2) is 59.9 Å². The van der Waals surface area contributed by atoms with Crippen molar-refractivity contribution in [3.63, 3.8) is 0 Å². The molecule has 40 heavy (non-hydrogen) atoms. The van der Waals surface area contributed by atoms with Crippen molar-refractivity contribution < 1.29 is 17.6 Å². The van der Waals surface area contributed by atoms with Crippen LogP contribution in [0.5, 0.6) is 0 Å². The normalized spacial score (nSPS) is 13.4. The van der Waals surface area contributed by atoms with Crippen molar-refractivity contribution in [2.45, 2.75) is 46.1 Å². The lowest BCUT2D eigenvalue weighted by atomic mass is 9.98. The van der Waals surface area contributed by atoms with E-state index in [1.807, 2.05) is 13.8 Å². The van der Waals surface area contributed by atoms with E-state index in [1.165, 1.54) is 16.9 Å². The molecular formula is C29H34FN5O4S. The predicted molar refractivity (Wildman–Crippen MR) is 157 cm³/mol. The Morgan fingerprint density at radius 2 is 1.85 bits per heavy atom. The Balaban J connectivity index is 1.68. The van der Waals surface area contributed by atoms with Gasteiger partial charge in [-0.05, 0) is 60.7 Å². The highest BCUT2D eigenvalue weighted by Crippen LogP contribution is 2.35. The van der Waals surface area contributed by atoms with E-state index in [9.17, 15) is 18.0 Å². The Labute approximate surface area is 233 Å². The number of aromatic nitrogens is 2. The van der Waals surface area contributed by atoms with Crippen molar-refractivity contribution in [3.8, 4) is 11.1 Å². The first-order valence-electron chi connectivity index (χ1n) is 13.3. The molecule has 2 heterocycles. The van der Waals surface area contributed by atoms with Crippen LogP contribution in [0.3, 0.4) is 0 Å². The summed E-state index contributed by atoms with van der Waals surface area (Å²) in [5.41, 5.74) is 7.96. The van der Waals surface area contributed by atoms with Gasteiger partial charge in [0.2, 0.25) is 5.91 Å². The summed E-state index contributed by atoms with van der Waals surface area (Å²) in [4.78, 5) is 32.3. The zero-order valence-electron chi connectivity index (χ0n) is 23.0. The number of hydrogen-bond donors (Lipinski definition) is 1. The van der Waals surface area contributed by atoms with Gasteiger partial charge in [-0.2, -0.15) is 5.10 Å². The summed E-state index contributed by atoms with van der Waals surface area (Å²) in [5.74, 6) is -0.507. The van der Waals surface area contributed by atoms with Gasteiger partial charge in [0.1, 0.15) is 21.5 Å². The first kappa shape index (κ1) is 29.1. The standard InChI is InChI=1S/C29H34FN5O4S/c1-4-9-34(10-5-2)28(36)21-14-24-25(30)15-20(16-26(24)33-27(31)17-21)19-7-8-23-22(13-19)18-32-35(29(23)37)11-6-12-40(3,38)39/h7-8,13-16,18H,4-6,9-12,17H2,1-3H3,(H2,31,33). The lowest BCUT2D eigenvalue weighted by molar-refractivity contribution is -0.127. The van der Waals surface area contributed by atoms with Gasteiger partial charge in [-0.25, -0.2) is 22.5 Å². The Hall–Kier alpha value is -3.86. The Bertz CT molecular complexity index is 1670. The van der Waals surface area contributed by atoms with E-state index < -0.39 is 15.7 Å². The fourth-order valence-corrected chi connectivity index (χ4v) is 5.47. The number of rotatable bonds is 10. The number of aryl methyl sites for hydroxylation is 1. The van der Waals surface area contributed by atoms with Crippen LogP contribution in [0.15, 0.2) is 51.9 Å². The summed E-state index contributed by atoms with van der Waals surface area (Å²) in [6.45, 7) is 5.41. The zero-order valence-corrected chi connectivity index (χ0v) is 23.8. The predicted octanol–water partition coefficient (Wildman–Crippen LogP) is 4.06. The third-order valence-electron chi connectivity index (χ3n) is 6.68. The summed E-state index contributed by atoms with van der Waals surface area (Å²) < 4.78 is 39.5. The van der Waals surface area contributed by atoms with Crippen LogP contribution in [0.25, 0.3) is 28.0 Å².